The number of amides is 4. The SMILES string of the molecule is CC(=O)N(CCCCCNC(=O)CC(O)(CC(=O)NCCCCCN(OCc1ccccc1)C(C)=O)C(=O)O)OCc1ccccc1. The first-order valence-electron chi connectivity index (χ1n) is 15.9. The largest absolute Gasteiger partial charge is 0.479 e. The lowest BCUT2D eigenvalue weighted by molar-refractivity contribution is -0.189. The molecule has 0 aliphatic carbocycles. The highest BCUT2D eigenvalue weighted by atomic mass is 16.7. The van der Waals surface area contributed by atoms with Gasteiger partial charge in [0.1, 0.15) is 13.2 Å². The van der Waals surface area contributed by atoms with Gasteiger partial charge in [-0.2, -0.15) is 0 Å². The van der Waals surface area contributed by atoms with Gasteiger partial charge < -0.3 is 20.8 Å². The maximum atomic E-state index is 12.4. The standard InChI is InChI=1S/C34H48N4O9/c1-27(39)37(46-25-29-15-7-3-8-16-29)21-13-5-11-19-35-31(41)23-34(45,33(43)44)24-32(42)36-20-12-6-14-22-38(28(2)40)47-26-30-17-9-4-10-18-30/h3-4,7-10,15-18,45H,5-6,11-14,19-26H2,1-2H3,(H,35,41)(H,36,42)(H,43,44). The van der Waals surface area contributed by atoms with Crippen molar-refractivity contribution in [1.29, 1.82) is 0 Å². The van der Waals surface area contributed by atoms with Crippen molar-refractivity contribution >= 4 is 29.6 Å². The number of nitrogens with one attached hydrogen (secondary N) is 2. The molecular weight excluding hydrogens is 608 g/mol. The smallest absolute Gasteiger partial charge is 0.336 e. The average molecular weight is 657 g/mol. The maximum Gasteiger partial charge on any atom is 0.336 e. The van der Waals surface area contributed by atoms with Gasteiger partial charge in [0, 0.05) is 40.0 Å². The van der Waals surface area contributed by atoms with E-state index < -0.39 is 36.2 Å². The number of carbonyl (C=O) groups is 5. The molecule has 13 nitrogen and oxygen atoms in total. The average Bonchev–Trinajstić information content (AvgIpc) is 3.03. The van der Waals surface area contributed by atoms with Crippen LogP contribution in [0.3, 0.4) is 0 Å². The van der Waals surface area contributed by atoms with Crippen LogP contribution in [0.2, 0.25) is 0 Å². The first-order chi connectivity index (χ1) is 22.5. The van der Waals surface area contributed by atoms with E-state index in [1.54, 1.807) is 0 Å². The highest BCUT2D eigenvalue weighted by Gasteiger charge is 2.40. The van der Waals surface area contributed by atoms with E-state index in [0.717, 1.165) is 11.1 Å². The molecule has 2 rings (SSSR count). The van der Waals surface area contributed by atoms with Crippen molar-refractivity contribution in [3.8, 4) is 0 Å². The normalized spacial score (nSPS) is 11.0. The number of unbranched alkanes of at least 4 members (excludes halogenated alkanes) is 4. The minimum absolute atomic E-state index is 0.215. The Morgan fingerprint density at radius 1 is 0.638 bits per heavy atom. The van der Waals surface area contributed by atoms with Crippen molar-refractivity contribution in [3.05, 3.63) is 71.8 Å². The van der Waals surface area contributed by atoms with E-state index in [1.165, 1.54) is 24.0 Å². The molecule has 0 saturated carbocycles. The van der Waals surface area contributed by atoms with Crippen molar-refractivity contribution in [2.45, 2.75) is 84.0 Å². The van der Waals surface area contributed by atoms with Crippen LogP contribution in [-0.4, -0.2) is 81.7 Å². The number of aliphatic hydroxyl groups is 1. The van der Waals surface area contributed by atoms with Gasteiger partial charge in [-0.15, -0.1) is 0 Å². The molecule has 47 heavy (non-hydrogen) atoms. The second-order valence-electron chi connectivity index (χ2n) is 11.3. The summed E-state index contributed by atoms with van der Waals surface area (Å²) in [4.78, 5) is 71.5. The zero-order valence-electron chi connectivity index (χ0n) is 27.3. The Balaban J connectivity index is 1.61. The maximum absolute atomic E-state index is 12.4. The quantitative estimate of drug-likeness (QED) is 0.103. The number of carbonyl (C=O) groups excluding carboxylic acids is 4. The zero-order chi connectivity index (χ0) is 34.5. The van der Waals surface area contributed by atoms with Crippen molar-refractivity contribution < 1.29 is 43.9 Å². The Morgan fingerprint density at radius 2 is 1.02 bits per heavy atom. The lowest BCUT2D eigenvalue weighted by Crippen LogP contribution is -2.47. The molecule has 258 valence electrons. The number of hydrogen-bond acceptors (Lipinski definition) is 8. The molecule has 0 bridgehead atoms. The van der Waals surface area contributed by atoms with Gasteiger partial charge >= 0.3 is 5.97 Å². The molecule has 4 amide bonds. The molecule has 0 aliphatic heterocycles. The van der Waals surface area contributed by atoms with Gasteiger partial charge in [0.25, 0.3) is 0 Å². The lowest BCUT2D eigenvalue weighted by Gasteiger charge is -2.22. The highest BCUT2D eigenvalue weighted by molar-refractivity contribution is 5.91. The summed E-state index contributed by atoms with van der Waals surface area (Å²) in [6.45, 7) is 4.62. The zero-order valence-corrected chi connectivity index (χ0v) is 27.3. The van der Waals surface area contributed by atoms with Gasteiger partial charge in [-0.3, -0.25) is 28.9 Å². The molecule has 0 atom stereocenters. The molecule has 4 N–H and O–H groups in total. The van der Waals surface area contributed by atoms with Crippen LogP contribution >= 0.6 is 0 Å². The molecular formula is C34H48N4O9. The Hall–Kier alpha value is -4.33. The fourth-order valence-corrected chi connectivity index (χ4v) is 4.52. The molecule has 0 aromatic heterocycles. The van der Waals surface area contributed by atoms with Crippen LogP contribution in [0.25, 0.3) is 0 Å². The molecule has 0 heterocycles. The Kier molecular flexibility index (Phi) is 17.7. The summed E-state index contributed by atoms with van der Waals surface area (Å²) in [6, 6.07) is 18.9. The van der Waals surface area contributed by atoms with Crippen LogP contribution in [0.4, 0.5) is 0 Å². The molecule has 0 radical (unpaired) electrons. The third-order valence-electron chi connectivity index (χ3n) is 7.19. The summed E-state index contributed by atoms with van der Waals surface area (Å²) in [7, 11) is 0. The van der Waals surface area contributed by atoms with E-state index in [2.05, 4.69) is 10.6 Å². The molecule has 0 unspecified atom stereocenters. The summed E-state index contributed by atoms with van der Waals surface area (Å²) >= 11 is 0. The number of rotatable bonds is 23. The molecule has 0 aliphatic rings. The van der Waals surface area contributed by atoms with Crippen molar-refractivity contribution in [2.75, 3.05) is 26.2 Å². The van der Waals surface area contributed by atoms with E-state index in [4.69, 9.17) is 9.68 Å². The van der Waals surface area contributed by atoms with Crippen LogP contribution < -0.4 is 10.6 Å². The predicted molar refractivity (Wildman–Crippen MR) is 173 cm³/mol. The summed E-state index contributed by atoms with van der Waals surface area (Å²) in [5, 5.41) is 27.9. The molecule has 0 saturated heterocycles. The van der Waals surface area contributed by atoms with Crippen LogP contribution in [0, 0.1) is 0 Å². The van der Waals surface area contributed by atoms with Gasteiger partial charge in [0.2, 0.25) is 23.6 Å². The molecule has 2 aromatic carbocycles. The molecule has 13 heteroatoms. The third kappa shape index (κ3) is 16.2. The second-order valence-corrected chi connectivity index (χ2v) is 11.3. The van der Waals surface area contributed by atoms with Crippen LogP contribution in [0.15, 0.2) is 60.7 Å². The first-order valence-corrected chi connectivity index (χ1v) is 15.9. The Bertz CT molecular complexity index is 1170. The number of aliphatic carboxylic acids is 1. The molecule has 0 spiro atoms. The van der Waals surface area contributed by atoms with Gasteiger partial charge in [-0.25, -0.2) is 14.9 Å². The van der Waals surface area contributed by atoms with E-state index in [0.29, 0.717) is 51.6 Å². The minimum atomic E-state index is -2.55. The number of nitrogens with zero attached hydrogens (tertiary/aromatic N) is 2. The minimum Gasteiger partial charge on any atom is -0.479 e. The number of hydroxylamine groups is 4. The van der Waals surface area contributed by atoms with Crippen molar-refractivity contribution in [2.24, 2.45) is 0 Å². The summed E-state index contributed by atoms with van der Waals surface area (Å²) in [6.07, 6.45) is 2.16. The Labute approximate surface area is 276 Å². The van der Waals surface area contributed by atoms with E-state index in [-0.39, 0.29) is 38.1 Å². The van der Waals surface area contributed by atoms with Crippen LogP contribution in [0.5, 0.6) is 0 Å². The van der Waals surface area contributed by atoms with Crippen LogP contribution in [0.1, 0.15) is 76.3 Å². The first kappa shape index (κ1) is 38.9. The van der Waals surface area contributed by atoms with Gasteiger partial charge in [0.05, 0.1) is 12.8 Å². The van der Waals surface area contributed by atoms with Gasteiger partial charge in [-0.1, -0.05) is 60.7 Å². The highest BCUT2D eigenvalue weighted by Crippen LogP contribution is 2.16. The Morgan fingerprint density at radius 3 is 1.36 bits per heavy atom. The third-order valence-corrected chi connectivity index (χ3v) is 7.19. The fourth-order valence-electron chi connectivity index (χ4n) is 4.52. The number of carboxylic acid groups (broad SMARTS) is 1. The summed E-state index contributed by atoms with van der Waals surface area (Å²) in [5.74, 6) is -3.48. The summed E-state index contributed by atoms with van der Waals surface area (Å²) < 4.78 is 0. The van der Waals surface area contributed by atoms with Crippen molar-refractivity contribution in [3.63, 3.8) is 0 Å². The number of benzene rings is 2. The monoisotopic (exact) mass is 656 g/mol. The van der Waals surface area contributed by atoms with Gasteiger partial charge in [-0.05, 0) is 49.7 Å². The summed E-state index contributed by atoms with van der Waals surface area (Å²) in [5.41, 5.74) is -0.670. The van der Waals surface area contributed by atoms with Crippen molar-refractivity contribution in [1.82, 2.24) is 20.8 Å². The van der Waals surface area contributed by atoms with Crippen LogP contribution in [-0.2, 0) is 46.9 Å². The van der Waals surface area contributed by atoms with E-state index in [1.807, 2.05) is 60.7 Å². The van der Waals surface area contributed by atoms with Gasteiger partial charge in [0.15, 0.2) is 5.60 Å². The van der Waals surface area contributed by atoms with E-state index >= 15 is 0 Å². The fraction of sp³-hybridized carbons (Fsp3) is 0.500. The number of hydrogen-bond donors (Lipinski definition) is 4. The molecule has 0 fully saturated rings. The second kappa shape index (κ2) is 21.5. The predicted octanol–water partition coefficient (Wildman–Crippen LogP) is 3.12. The molecule has 2 aromatic rings. The van der Waals surface area contributed by atoms with E-state index in [9.17, 15) is 34.2 Å². The lowest BCUT2D eigenvalue weighted by atomic mass is 9.94. The topological polar surface area (TPSA) is 175 Å². The number of carboxylic acids is 1.